The van der Waals surface area contributed by atoms with Gasteiger partial charge in [-0.05, 0) is 6.92 Å². The smallest absolute Gasteiger partial charge is 0.271 e. The van der Waals surface area contributed by atoms with E-state index >= 15 is 0 Å². The zero-order valence-corrected chi connectivity index (χ0v) is 8.12. The second kappa shape index (κ2) is 4.58. The maximum Gasteiger partial charge on any atom is 0.405 e. The van der Waals surface area contributed by atoms with E-state index in [0.717, 1.165) is 0 Å². The topological polar surface area (TPSA) is 68.8 Å². The maximum absolute atomic E-state index is 12.3. The average molecular weight is 223 g/mol. The summed E-state index contributed by atoms with van der Waals surface area (Å²) in [7, 11) is 0. The zero-order valence-electron chi connectivity index (χ0n) is 8.12. The summed E-state index contributed by atoms with van der Waals surface area (Å²) in [6.07, 6.45) is -3.49. The van der Waals surface area contributed by atoms with Crippen molar-refractivity contribution in [2.75, 3.05) is 0 Å². The lowest BCUT2D eigenvalue weighted by Crippen LogP contribution is -2.47. The molecule has 1 unspecified atom stereocenters. The fourth-order valence-electron chi connectivity index (χ4n) is 1.16. The van der Waals surface area contributed by atoms with E-state index in [9.17, 15) is 13.2 Å². The summed E-state index contributed by atoms with van der Waals surface area (Å²) in [5, 5.41) is 3.77. The first-order valence-electron chi connectivity index (χ1n) is 4.38. The number of nitrogens with two attached hydrogens (primary N) is 1. The van der Waals surface area contributed by atoms with Gasteiger partial charge in [-0.1, -0.05) is 0 Å². The van der Waals surface area contributed by atoms with E-state index in [4.69, 9.17) is 5.84 Å². The predicted octanol–water partition coefficient (Wildman–Crippen LogP) is 0.235. The predicted molar refractivity (Wildman–Crippen MR) is 46.6 cm³/mol. The molecule has 5 nitrogen and oxygen atoms in total. The summed E-state index contributed by atoms with van der Waals surface area (Å²) in [6, 6.07) is -1.80. The van der Waals surface area contributed by atoms with Crippen LogP contribution in [0.5, 0.6) is 0 Å². The first kappa shape index (κ1) is 11.9. The van der Waals surface area contributed by atoms with Gasteiger partial charge < -0.3 is 0 Å². The van der Waals surface area contributed by atoms with Gasteiger partial charge in [0, 0.05) is 13.0 Å². The molecule has 0 aromatic carbocycles. The van der Waals surface area contributed by atoms with Gasteiger partial charge in [-0.2, -0.15) is 18.3 Å². The number of aromatic nitrogens is 3. The van der Waals surface area contributed by atoms with E-state index in [2.05, 4.69) is 10.1 Å². The highest BCUT2D eigenvalue weighted by Crippen LogP contribution is 2.21. The number of nitrogens with one attached hydrogen (secondary N) is 1. The van der Waals surface area contributed by atoms with Crippen LogP contribution in [0.25, 0.3) is 0 Å². The van der Waals surface area contributed by atoms with Crippen LogP contribution in [0.1, 0.15) is 12.7 Å². The Balaban J connectivity index is 2.75. The highest BCUT2D eigenvalue weighted by molar-refractivity contribution is 4.91. The standard InChI is InChI=1S/C7H12F3N5/c1-2-15-6(12-4-13-15)3-5(14-11)7(8,9)10/h4-5,14H,2-3,11H2,1H3. The lowest BCUT2D eigenvalue weighted by molar-refractivity contribution is -0.156. The maximum atomic E-state index is 12.3. The minimum atomic E-state index is -4.39. The van der Waals surface area contributed by atoms with Crippen LogP contribution in [0.2, 0.25) is 0 Å². The molecule has 0 spiro atoms. The Kier molecular flexibility index (Phi) is 3.64. The van der Waals surface area contributed by atoms with Crippen LogP contribution in [0.4, 0.5) is 13.2 Å². The van der Waals surface area contributed by atoms with E-state index < -0.39 is 12.2 Å². The van der Waals surface area contributed by atoms with Crippen molar-refractivity contribution in [1.82, 2.24) is 20.2 Å². The van der Waals surface area contributed by atoms with Gasteiger partial charge in [0.2, 0.25) is 0 Å². The Hall–Kier alpha value is -1.15. The van der Waals surface area contributed by atoms with Crippen molar-refractivity contribution < 1.29 is 13.2 Å². The molecule has 0 saturated heterocycles. The van der Waals surface area contributed by atoms with Crippen LogP contribution in [0, 0.1) is 0 Å². The lowest BCUT2D eigenvalue weighted by atomic mass is 10.2. The number of hydrazine groups is 1. The number of alkyl halides is 3. The van der Waals surface area contributed by atoms with Crippen LogP contribution in [0.15, 0.2) is 6.33 Å². The average Bonchev–Trinajstić information content (AvgIpc) is 2.59. The number of hydrogen-bond acceptors (Lipinski definition) is 4. The number of nitrogens with zero attached hydrogens (tertiary/aromatic N) is 3. The number of aryl methyl sites for hydroxylation is 1. The van der Waals surface area contributed by atoms with Gasteiger partial charge in [0.05, 0.1) is 0 Å². The molecule has 1 aromatic heterocycles. The molecule has 0 bridgehead atoms. The molecule has 1 rings (SSSR count). The molecule has 0 fully saturated rings. The van der Waals surface area contributed by atoms with Crippen LogP contribution >= 0.6 is 0 Å². The molecule has 3 N–H and O–H groups in total. The van der Waals surface area contributed by atoms with E-state index in [1.54, 1.807) is 12.3 Å². The monoisotopic (exact) mass is 223 g/mol. The van der Waals surface area contributed by atoms with Gasteiger partial charge >= 0.3 is 6.18 Å². The minimum absolute atomic E-state index is 0.262. The Morgan fingerprint density at radius 1 is 1.60 bits per heavy atom. The van der Waals surface area contributed by atoms with Crippen LogP contribution in [-0.4, -0.2) is 27.0 Å². The van der Waals surface area contributed by atoms with Gasteiger partial charge in [0.1, 0.15) is 18.2 Å². The fraction of sp³-hybridized carbons (Fsp3) is 0.714. The first-order valence-corrected chi connectivity index (χ1v) is 4.38. The van der Waals surface area contributed by atoms with Crippen molar-refractivity contribution in [3.63, 3.8) is 0 Å². The largest absolute Gasteiger partial charge is 0.405 e. The van der Waals surface area contributed by atoms with Crippen molar-refractivity contribution in [3.05, 3.63) is 12.2 Å². The van der Waals surface area contributed by atoms with E-state index in [1.807, 2.05) is 0 Å². The molecule has 1 heterocycles. The Morgan fingerprint density at radius 2 is 2.27 bits per heavy atom. The van der Waals surface area contributed by atoms with E-state index in [0.29, 0.717) is 6.54 Å². The molecule has 0 amide bonds. The van der Waals surface area contributed by atoms with Crippen LogP contribution in [0.3, 0.4) is 0 Å². The van der Waals surface area contributed by atoms with Crippen molar-refractivity contribution in [1.29, 1.82) is 0 Å². The SMILES string of the molecule is CCn1ncnc1CC(NN)C(F)(F)F. The molecule has 0 radical (unpaired) electrons. The second-order valence-electron chi connectivity index (χ2n) is 2.96. The summed E-state index contributed by atoms with van der Waals surface area (Å²) in [5.74, 6) is 5.10. The Morgan fingerprint density at radius 3 is 2.73 bits per heavy atom. The third-order valence-corrected chi connectivity index (χ3v) is 1.98. The molecular weight excluding hydrogens is 211 g/mol. The molecule has 0 saturated carbocycles. The molecular formula is C7H12F3N5. The minimum Gasteiger partial charge on any atom is -0.271 e. The van der Waals surface area contributed by atoms with E-state index in [-0.39, 0.29) is 12.2 Å². The number of hydrogen-bond donors (Lipinski definition) is 2. The third-order valence-electron chi connectivity index (χ3n) is 1.98. The molecule has 1 aromatic rings. The molecule has 86 valence electrons. The molecule has 0 aliphatic rings. The van der Waals surface area contributed by atoms with Crippen LogP contribution < -0.4 is 11.3 Å². The highest BCUT2D eigenvalue weighted by Gasteiger charge is 2.39. The van der Waals surface area contributed by atoms with Crippen LogP contribution in [-0.2, 0) is 13.0 Å². The fourth-order valence-corrected chi connectivity index (χ4v) is 1.16. The summed E-state index contributed by atoms with van der Waals surface area (Å²) >= 11 is 0. The van der Waals surface area contributed by atoms with E-state index in [1.165, 1.54) is 11.0 Å². The second-order valence-corrected chi connectivity index (χ2v) is 2.96. The van der Waals surface area contributed by atoms with Gasteiger partial charge in [-0.25, -0.2) is 10.4 Å². The molecule has 15 heavy (non-hydrogen) atoms. The normalized spacial score (nSPS) is 14.2. The van der Waals surface area contributed by atoms with Crippen molar-refractivity contribution >= 4 is 0 Å². The summed E-state index contributed by atoms with van der Waals surface area (Å²) in [6.45, 7) is 2.25. The Bertz CT molecular complexity index is 308. The van der Waals surface area contributed by atoms with Gasteiger partial charge in [-0.15, -0.1) is 0 Å². The molecule has 0 aliphatic heterocycles. The number of rotatable bonds is 4. The molecule has 0 aliphatic carbocycles. The van der Waals surface area contributed by atoms with Gasteiger partial charge in [-0.3, -0.25) is 10.5 Å². The quantitative estimate of drug-likeness (QED) is 0.566. The van der Waals surface area contributed by atoms with Gasteiger partial charge in [0.25, 0.3) is 0 Å². The zero-order chi connectivity index (χ0) is 11.5. The first-order chi connectivity index (χ1) is 6.99. The summed E-state index contributed by atoms with van der Waals surface area (Å²) < 4.78 is 38.4. The molecule has 1 atom stereocenters. The van der Waals surface area contributed by atoms with Gasteiger partial charge in [0.15, 0.2) is 0 Å². The summed E-state index contributed by atoms with van der Waals surface area (Å²) in [5.41, 5.74) is 1.73. The van der Waals surface area contributed by atoms with Crippen molar-refractivity contribution in [3.8, 4) is 0 Å². The van der Waals surface area contributed by atoms with Crippen molar-refractivity contribution in [2.24, 2.45) is 5.84 Å². The third kappa shape index (κ3) is 2.90. The summed E-state index contributed by atoms with van der Waals surface area (Å²) in [4.78, 5) is 3.74. The Labute approximate surface area is 84.4 Å². The number of halogens is 3. The van der Waals surface area contributed by atoms with Crippen molar-refractivity contribution in [2.45, 2.75) is 32.1 Å². The lowest BCUT2D eigenvalue weighted by Gasteiger charge is -2.18. The highest BCUT2D eigenvalue weighted by atomic mass is 19.4. The molecule has 8 heteroatoms.